The summed E-state index contributed by atoms with van der Waals surface area (Å²) in [6.45, 7) is 3.98. The molecule has 2 N–H and O–H groups in total. The maximum atomic E-state index is 12.4. The van der Waals surface area contributed by atoms with Crippen molar-refractivity contribution >= 4 is 22.6 Å². The Hall–Kier alpha value is -2.70. The predicted molar refractivity (Wildman–Crippen MR) is 96.1 cm³/mol. The molecule has 1 atom stereocenters. The zero-order valence-electron chi connectivity index (χ0n) is 15.0. The van der Waals surface area contributed by atoms with Crippen LogP contribution in [-0.4, -0.2) is 34.7 Å². The van der Waals surface area contributed by atoms with Crippen molar-refractivity contribution in [1.29, 1.82) is 0 Å². The molecule has 0 aliphatic rings. The average molecular weight is 344 g/mol. The van der Waals surface area contributed by atoms with Crippen LogP contribution in [0.5, 0.6) is 0 Å². The van der Waals surface area contributed by atoms with E-state index in [9.17, 15) is 14.4 Å². The maximum absolute atomic E-state index is 12.4. The number of likely N-dealkylation sites (N-methyl/N-ethyl adjacent to an activating group) is 1. The molecule has 7 nitrogen and oxygen atoms in total. The van der Waals surface area contributed by atoms with Gasteiger partial charge in [-0.25, -0.2) is 4.68 Å². The Morgan fingerprint density at radius 1 is 1.20 bits per heavy atom. The summed E-state index contributed by atoms with van der Waals surface area (Å²) in [5, 5.41) is 10.7. The quantitative estimate of drug-likeness (QED) is 0.809. The summed E-state index contributed by atoms with van der Waals surface area (Å²) in [5.41, 5.74) is 0.304. The Bertz CT molecular complexity index is 842. The molecule has 1 unspecified atom stereocenters. The van der Waals surface area contributed by atoms with E-state index in [1.807, 2.05) is 13.8 Å². The molecule has 1 aromatic heterocycles. The third-order valence-corrected chi connectivity index (χ3v) is 3.97. The largest absolute Gasteiger partial charge is 0.357 e. The second kappa shape index (κ2) is 7.92. The molecule has 2 aromatic rings. The predicted octanol–water partition coefficient (Wildman–Crippen LogP) is 0.753. The molecule has 0 fully saturated rings. The van der Waals surface area contributed by atoms with E-state index >= 15 is 0 Å². The fourth-order valence-corrected chi connectivity index (χ4v) is 2.78. The van der Waals surface area contributed by atoms with Gasteiger partial charge in [0.05, 0.1) is 17.5 Å². The van der Waals surface area contributed by atoms with E-state index < -0.39 is 6.04 Å². The summed E-state index contributed by atoms with van der Waals surface area (Å²) >= 11 is 0. The zero-order chi connectivity index (χ0) is 18.6. The molecule has 0 bridgehead atoms. The highest BCUT2D eigenvalue weighted by molar-refractivity contribution is 5.91. The van der Waals surface area contributed by atoms with Crippen molar-refractivity contribution in [3.05, 3.63) is 40.3 Å². The highest BCUT2D eigenvalue weighted by Gasteiger charge is 2.22. The molecule has 2 rings (SSSR count). The molecule has 0 spiro atoms. The van der Waals surface area contributed by atoms with E-state index in [0.717, 1.165) is 0 Å². The van der Waals surface area contributed by atoms with Crippen LogP contribution in [0.2, 0.25) is 0 Å². The van der Waals surface area contributed by atoms with E-state index in [1.54, 1.807) is 38.4 Å². The Morgan fingerprint density at radius 2 is 1.84 bits per heavy atom. The van der Waals surface area contributed by atoms with Crippen molar-refractivity contribution in [3.8, 4) is 0 Å². The minimum absolute atomic E-state index is 0.000221. The summed E-state index contributed by atoms with van der Waals surface area (Å²) in [4.78, 5) is 36.5. The van der Waals surface area contributed by atoms with Gasteiger partial charge in [-0.2, -0.15) is 5.10 Å². The topological polar surface area (TPSA) is 93.1 Å². The van der Waals surface area contributed by atoms with Gasteiger partial charge in [-0.05, 0) is 18.4 Å². The van der Waals surface area contributed by atoms with E-state index in [-0.39, 0.29) is 29.7 Å². The fraction of sp³-hybridized carbons (Fsp3) is 0.444. The van der Waals surface area contributed by atoms with Crippen molar-refractivity contribution in [2.75, 3.05) is 7.05 Å². The van der Waals surface area contributed by atoms with Crippen LogP contribution in [0.1, 0.15) is 26.0 Å². The Labute approximate surface area is 146 Å². The van der Waals surface area contributed by atoms with E-state index in [0.29, 0.717) is 22.9 Å². The third-order valence-electron chi connectivity index (χ3n) is 3.97. The van der Waals surface area contributed by atoms with Gasteiger partial charge in [0, 0.05) is 19.5 Å². The summed E-state index contributed by atoms with van der Waals surface area (Å²) in [6, 6.07) is 6.48. The number of rotatable bonds is 6. The average Bonchev–Trinajstić information content (AvgIpc) is 2.57. The van der Waals surface area contributed by atoms with Gasteiger partial charge >= 0.3 is 0 Å². The Balaban J connectivity index is 2.25. The number of amides is 2. The smallest absolute Gasteiger partial charge is 0.274 e. The third kappa shape index (κ3) is 4.43. The van der Waals surface area contributed by atoms with E-state index in [1.165, 1.54) is 4.68 Å². The number of benzene rings is 1. The Kier molecular flexibility index (Phi) is 5.90. The van der Waals surface area contributed by atoms with E-state index in [4.69, 9.17) is 0 Å². The lowest BCUT2D eigenvalue weighted by atomic mass is 10.0. The number of fused-ring (bicyclic) bond motifs is 1. The lowest BCUT2D eigenvalue weighted by molar-refractivity contribution is -0.128. The van der Waals surface area contributed by atoms with Crippen LogP contribution in [0, 0.1) is 5.92 Å². The molecule has 134 valence electrons. The maximum Gasteiger partial charge on any atom is 0.274 e. The standard InChI is InChI=1S/C18H24N4O3/c1-11(2)9-15(17(24)19-3)20-16(23)10-14-12-7-5-6-8-13(12)18(25)22(4)21-14/h5-8,11,15H,9-10H2,1-4H3,(H,19,24)(H,20,23). The van der Waals surface area contributed by atoms with Gasteiger partial charge in [-0.3, -0.25) is 14.4 Å². The first-order chi connectivity index (χ1) is 11.8. The second-order valence-corrected chi connectivity index (χ2v) is 6.46. The molecule has 25 heavy (non-hydrogen) atoms. The molecule has 1 heterocycles. The molecule has 0 aliphatic heterocycles. The van der Waals surface area contributed by atoms with Gasteiger partial charge in [0.2, 0.25) is 11.8 Å². The summed E-state index contributed by atoms with van der Waals surface area (Å²) in [7, 11) is 3.10. The fourth-order valence-electron chi connectivity index (χ4n) is 2.78. The monoisotopic (exact) mass is 344 g/mol. The first kappa shape index (κ1) is 18.6. The van der Waals surface area contributed by atoms with Gasteiger partial charge in [-0.1, -0.05) is 32.0 Å². The summed E-state index contributed by atoms with van der Waals surface area (Å²) in [5.74, 6) is -0.259. The van der Waals surface area contributed by atoms with Crippen LogP contribution in [0.3, 0.4) is 0 Å². The molecular weight excluding hydrogens is 320 g/mol. The molecule has 0 aliphatic carbocycles. The first-order valence-corrected chi connectivity index (χ1v) is 8.29. The Morgan fingerprint density at radius 3 is 2.44 bits per heavy atom. The normalized spacial score (nSPS) is 12.2. The zero-order valence-corrected chi connectivity index (χ0v) is 15.0. The number of carbonyl (C=O) groups is 2. The number of nitrogens with zero attached hydrogens (tertiary/aromatic N) is 2. The second-order valence-electron chi connectivity index (χ2n) is 6.46. The van der Waals surface area contributed by atoms with Crippen molar-refractivity contribution < 1.29 is 9.59 Å². The first-order valence-electron chi connectivity index (χ1n) is 8.29. The lowest BCUT2D eigenvalue weighted by Gasteiger charge is -2.19. The van der Waals surface area contributed by atoms with Crippen molar-refractivity contribution in [2.45, 2.75) is 32.7 Å². The van der Waals surface area contributed by atoms with Gasteiger partial charge in [0.1, 0.15) is 6.04 Å². The van der Waals surface area contributed by atoms with Crippen molar-refractivity contribution in [2.24, 2.45) is 13.0 Å². The molecule has 1 aromatic carbocycles. The number of carbonyl (C=O) groups excluding carboxylic acids is 2. The molecular formula is C18H24N4O3. The van der Waals surface area contributed by atoms with Crippen LogP contribution < -0.4 is 16.2 Å². The number of aromatic nitrogens is 2. The molecule has 2 amide bonds. The summed E-state index contributed by atoms with van der Waals surface area (Å²) in [6.07, 6.45) is 0.549. The number of hydrogen-bond donors (Lipinski definition) is 2. The number of aryl methyl sites for hydroxylation is 1. The van der Waals surface area contributed by atoms with Crippen molar-refractivity contribution in [3.63, 3.8) is 0 Å². The van der Waals surface area contributed by atoms with Crippen LogP contribution in [0.25, 0.3) is 10.8 Å². The van der Waals surface area contributed by atoms with Gasteiger partial charge in [0.25, 0.3) is 5.56 Å². The molecule has 0 radical (unpaired) electrons. The number of hydrogen-bond acceptors (Lipinski definition) is 4. The van der Waals surface area contributed by atoms with Crippen LogP contribution in [-0.2, 0) is 23.1 Å². The highest BCUT2D eigenvalue weighted by Crippen LogP contribution is 2.14. The van der Waals surface area contributed by atoms with Crippen LogP contribution in [0.15, 0.2) is 29.1 Å². The van der Waals surface area contributed by atoms with Gasteiger partial charge in [0.15, 0.2) is 0 Å². The van der Waals surface area contributed by atoms with E-state index in [2.05, 4.69) is 15.7 Å². The molecule has 0 saturated carbocycles. The highest BCUT2D eigenvalue weighted by atomic mass is 16.2. The molecule has 0 saturated heterocycles. The lowest BCUT2D eigenvalue weighted by Crippen LogP contribution is -2.47. The minimum atomic E-state index is -0.587. The summed E-state index contributed by atoms with van der Waals surface area (Å²) < 4.78 is 1.23. The number of nitrogens with one attached hydrogen (secondary N) is 2. The van der Waals surface area contributed by atoms with Crippen LogP contribution in [0.4, 0.5) is 0 Å². The van der Waals surface area contributed by atoms with Crippen LogP contribution >= 0.6 is 0 Å². The minimum Gasteiger partial charge on any atom is -0.357 e. The SMILES string of the molecule is CNC(=O)C(CC(C)C)NC(=O)Cc1nn(C)c(=O)c2ccccc12. The van der Waals surface area contributed by atoms with Gasteiger partial charge < -0.3 is 10.6 Å². The van der Waals surface area contributed by atoms with Crippen molar-refractivity contribution in [1.82, 2.24) is 20.4 Å². The van der Waals surface area contributed by atoms with Gasteiger partial charge in [-0.15, -0.1) is 0 Å². The molecule has 7 heteroatoms.